The number of rotatable bonds is 3. The highest BCUT2D eigenvalue weighted by Crippen LogP contribution is 2.39. The van der Waals surface area contributed by atoms with Gasteiger partial charge in [-0.2, -0.15) is 0 Å². The van der Waals surface area contributed by atoms with Gasteiger partial charge >= 0.3 is 12.0 Å². The lowest BCUT2D eigenvalue weighted by Gasteiger charge is -2.48. The van der Waals surface area contributed by atoms with Gasteiger partial charge in [-0.25, -0.2) is 4.79 Å². The van der Waals surface area contributed by atoms with Gasteiger partial charge in [0, 0.05) is 25.6 Å². The third-order valence-electron chi connectivity index (χ3n) is 4.68. The van der Waals surface area contributed by atoms with E-state index < -0.39 is 11.6 Å². The van der Waals surface area contributed by atoms with Crippen LogP contribution in [0.3, 0.4) is 0 Å². The molecular formula is C14H24N2O4. The lowest BCUT2D eigenvalue weighted by molar-refractivity contribution is -0.138. The molecule has 1 heterocycles. The minimum Gasteiger partial charge on any atom is -0.480 e. The molecule has 1 aliphatic heterocycles. The van der Waals surface area contributed by atoms with Gasteiger partial charge in [0.1, 0.15) is 6.54 Å². The molecule has 6 nitrogen and oxygen atoms in total. The molecule has 0 aromatic heterocycles. The van der Waals surface area contributed by atoms with Gasteiger partial charge in [-0.1, -0.05) is 12.8 Å². The smallest absolute Gasteiger partial charge is 0.323 e. The summed E-state index contributed by atoms with van der Waals surface area (Å²) in [5.41, 5.74) is -0.612. The predicted octanol–water partition coefficient (Wildman–Crippen LogP) is 1.14. The van der Waals surface area contributed by atoms with Crippen molar-refractivity contribution < 1.29 is 19.8 Å². The van der Waals surface area contributed by atoms with Gasteiger partial charge in [0.2, 0.25) is 0 Å². The molecule has 20 heavy (non-hydrogen) atoms. The monoisotopic (exact) mass is 284 g/mol. The molecule has 6 heteroatoms. The van der Waals surface area contributed by atoms with Crippen LogP contribution < -0.4 is 0 Å². The number of urea groups is 1. The van der Waals surface area contributed by atoms with Gasteiger partial charge < -0.3 is 20.0 Å². The number of carboxylic acids is 1. The Morgan fingerprint density at radius 1 is 1.35 bits per heavy atom. The second-order valence-corrected chi connectivity index (χ2v) is 5.93. The van der Waals surface area contributed by atoms with Crippen LogP contribution in [-0.2, 0) is 4.79 Å². The quantitative estimate of drug-likeness (QED) is 0.814. The summed E-state index contributed by atoms with van der Waals surface area (Å²) in [6, 6.07) is -0.220. The molecule has 1 aliphatic carbocycles. The van der Waals surface area contributed by atoms with Crippen LogP contribution in [0.5, 0.6) is 0 Å². The molecule has 0 aromatic carbocycles. The van der Waals surface area contributed by atoms with Crippen molar-refractivity contribution in [1.29, 1.82) is 0 Å². The fourth-order valence-electron chi connectivity index (χ4n) is 3.42. The number of aliphatic carboxylic acids is 1. The number of carbonyl (C=O) groups is 2. The van der Waals surface area contributed by atoms with E-state index in [-0.39, 0.29) is 18.5 Å². The van der Waals surface area contributed by atoms with Crippen LogP contribution in [0.4, 0.5) is 4.79 Å². The van der Waals surface area contributed by atoms with Crippen LogP contribution in [0.1, 0.15) is 39.0 Å². The highest BCUT2D eigenvalue weighted by molar-refractivity contribution is 5.80. The Morgan fingerprint density at radius 2 is 2.10 bits per heavy atom. The van der Waals surface area contributed by atoms with Crippen molar-refractivity contribution in [3.63, 3.8) is 0 Å². The molecule has 2 fully saturated rings. The van der Waals surface area contributed by atoms with Gasteiger partial charge in [0.05, 0.1) is 5.60 Å². The summed E-state index contributed by atoms with van der Waals surface area (Å²) in [7, 11) is 0. The van der Waals surface area contributed by atoms with Crippen molar-refractivity contribution in [2.45, 2.75) is 44.6 Å². The molecular weight excluding hydrogens is 260 g/mol. The summed E-state index contributed by atoms with van der Waals surface area (Å²) in [4.78, 5) is 26.2. The first-order valence-electron chi connectivity index (χ1n) is 7.44. The third kappa shape index (κ3) is 3.06. The SMILES string of the molecule is CCN(CC(=O)O)C(=O)N1CCC2(O)CCCCC2C1. The van der Waals surface area contributed by atoms with Crippen LogP contribution in [-0.4, -0.2) is 63.8 Å². The molecule has 0 spiro atoms. The first-order chi connectivity index (χ1) is 9.46. The summed E-state index contributed by atoms with van der Waals surface area (Å²) < 4.78 is 0. The molecule has 1 saturated carbocycles. The Morgan fingerprint density at radius 3 is 2.75 bits per heavy atom. The molecule has 2 amide bonds. The maximum absolute atomic E-state index is 12.4. The van der Waals surface area contributed by atoms with Crippen molar-refractivity contribution >= 4 is 12.0 Å². The fraction of sp³-hybridized carbons (Fsp3) is 0.857. The molecule has 0 bridgehead atoms. The summed E-state index contributed by atoms with van der Waals surface area (Å²) in [5, 5.41) is 19.4. The standard InChI is InChI=1S/C14H24N2O4/c1-2-15(10-12(17)18)13(19)16-8-7-14(20)6-4-3-5-11(14)9-16/h11,20H,2-10H2,1H3,(H,17,18). The summed E-state index contributed by atoms with van der Waals surface area (Å²) >= 11 is 0. The molecule has 114 valence electrons. The van der Waals surface area contributed by atoms with Crippen LogP contribution in [0.15, 0.2) is 0 Å². The van der Waals surface area contributed by atoms with E-state index in [0.29, 0.717) is 26.1 Å². The number of amides is 2. The number of fused-ring (bicyclic) bond motifs is 1. The summed E-state index contributed by atoms with van der Waals surface area (Å²) in [6.45, 7) is 2.96. The second kappa shape index (κ2) is 5.99. The average Bonchev–Trinajstić information content (AvgIpc) is 2.42. The van der Waals surface area contributed by atoms with E-state index in [9.17, 15) is 14.7 Å². The summed E-state index contributed by atoms with van der Waals surface area (Å²) in [6.07, 6.45) is 4.54. The van der Waals surface area contributed by atoms with Crippen LogP contribution in [0.25, 0.3) is 0 Å². The molecule has 2 unspecified atom stereocenters. The highest BCUT2D eigenvalue weighted by Gasteiger charge is 2.44. The minimum absolute atomic E-state index is 0.137. The molecule has 2 rings (SSSR count). The van der Waals surface area contributed by atoms with Gasteiger partial charge in [-0.15, -0.1) is 0 Å². The first-order valence-corrected chi connectivity index (χ1v) is 7.44. The lowest BCUT2D eigenvalue weighted by Crippen LogP contribution is -2.57. The zero-order valence-corrected chi connectivity index (χ0v) is 12.0. The topological polar surface area (TPSA) is 81.1 Å². The van der Waals surface area contributed by atoms with E-state index in [1.807, 2.05) is 0 Å². The van der Waals surface area contributed by atoms with Crippen molar-refractivity contribution in [2.24, 2.45) is 5.92 Å². The number of carbonyl (C=O) groups excluding carboxylic acids is 1. The Hall–Kier alpha value is -1.30. The first kappa shape index (κ1) is 15.1. The maximum Gasteiger partial charge on any atom is 0.323 e. The van der Waals surface area contributed by atoms with Crippen molar-refractivity contribution in [1.82, 2.24) is 9.80 Å². The van der Waals surface area contributed by atoms with E-state index in [4.69, 9.17) is 5.11 Å². The zero-order chi connectivity index (χ0) is 14.8. The average molecular weight is 284 g/mol. The fourth-order valence-corrected chi connectivity index (χ4v) is 3.42. The van der Waals surface area contributed by atoms with Gasteiger partial charge in [-0.05, 0) is 26.2 Å². The Balaban J connectivity index is 1.99. The van der Waals surface area contributed by atoms with E-state index in [1.54, 1.807) is 11.8 Å². The van der Waals surface area contributed by atoms with E-state index >= 15 is 0 Å². The van der Waals surface area contributed by atoms with Gasteiger partial charge in [0.15, 0.2) is 0 Å². The lowest BCUT2D eigenvalue weighted by atomic mass is 9.71. The number of aliphatic hydroxyl groups is 1. The molecule has 0 radical (unpaired) electrons. The normalized spacial score (nSPS) is 29.7. The second-order valence-electron chi connectivity index (χ2n) is 5.93. The van der Waals surface area contributed by atoms with Gasteiger partial charge in [-0.3, -0.25) is 4.79 Å². The Labute approximate surface area is 119 Å². The van der Waals surface area contributed by atoms with E-state index in [0.717, 1.165) is 25.7 Å². The number of likely N-dealkylation sites (N-methyl/N-ethyl adjacent to an activating group) is 1. The Bertz CT molecular complexity index is 387. The van der Waals surface area contributed by atoms with Crippen LogP contribution in [0.2, 0.25) is 0 Å². The van der Waals surface area contributed by atoms with Crippen LogP contribution >= 0.6 is 0 Å². The molecule has 1 saturated heterocycles. The number of likely N-dealkylation sites (tertiary alicyclic amines) is 1. The molecule has 2 aliphatic rings. The van der Waals surface area contributed by atoms with Gasteiger partial charge in [0.25, 0.3) is 0 Å². The Kier molecular flexibility index (Phi) is 4.52. The number of piperidine rings is 1. The molecule has 2 N–H and O–H groups in total. The van der Waals surface area contributed by atoms with E-state index in [2.05, 4.69) is 0 Å². The number of nitrogens with zero attached hydrogens (tertiary/aromatic N) is 2. The largest absolute Gasteiger partial charge is 0.480 e. The molecule has 2 atom stereocenters. The van der Waals surface area contributed by atoms with Crippen LogP contribution in [0, 0.1) is 5.92 Å². The third-order valence-corrected chi connectivity index (χ3v) is 4.68. The molecule has 0 aromatic rings. The number of carboxylic acid groups (broad SMARTS) is 1. The highest BCUT2D eigenvalue weighted by atomic mass is 16.4. The maximum atomic E-state index is 12.4. The van der Waals surface area contributed by atoms with E-state index in [1.165, 1.54) is 4.90 Å². The van der Waals surface area contributed by atoms with Crippen molar-refractivity contribution in [3.05, 3.63) is 0 Å². The number of hydrogen-bond acceptors (Lipinski definition) is 3. The predicted molar refractivity (Wildman–Crippen MR) is 73.4 cm³/mol. The minimum atomic E-state index is -0.994. The summed E-state index contributed by atoms with van der Waals surface area (Å²) in [5.74, 6) is -0.858. The van der Waals surface area contributed by atoms with Crippen molar-refractivity contribution in [2.75, 3.05) is 26.2 Å². The van der Waals surface area contributed by atoms with Crippen molar-refractivity contribution in [3.8, 4) is 0 Å². The zero-order valence-electron chi connectivity index (χ0n) is 12.0. The number of hydrogen-bond donors (Lipinski definition) is 2.